The lowest BCUT2D eigenvalue weighted by molar-refractivity contribution is 0.140. The second-order valence-corrected chi connectivity index (χ2v) is 5.90. The summed E-state index contributed by atoms with van der Waals surface area (Å²) < 4.78 is 27.7. The molecular formula is C13H10F2N6S. The van der Waals surface area contributed by atoms with Gasteiger partial charge in [-0.3, -0.25) is 0 Å². The maximum atomic E-state index is 13.0. The summed E-state index contributed by atoms with van der Waals surface area (Å²) in [5, 5.41) is 13.3. The highest BCUT2D eigenvalue weighted by atomic mass is 32.2. The number of tetrazole rings is 1. The van der Waals surface area contributed by atoms with Crippen LogP contribution in [0.5, 0.6) is 0 Å². The van der Waals surface area contributed by atoms with Crippen molar-refractivity contribution in [2.75, 3.05) is 0 Å². The Kier molecular flexibility index (Phi) is 3.21. The lowest BCUT2D eigenvalue weighted by Crippen LogP contribution is -2.01. The number of aromatic nitrogens is 6. The Bertz CT molecular complexity index is 832. The normalized spacial score (nSPS) is 14.9. The van der Waals surface area contributed by atoms with Crippen LogP contribution in [0.3, 0.4) is 0 Å². The van der Waals surface area contributed by atoms with Crippen molar-refractivity contribution in [1.29, 1.82) is 0 Å². The van der Waals surface area contributed by atoms with E-state index in [1.807, 2.05) is 6.07 Å². The Hall–Kier alpha value is -2.16. The van der Waals surface area contributed by atoms with E-state index >= 15 is 0 Å². The van der Waals surface area contributed by atoms with Gasteiger partial charge in [-0.1, -0.05) is 18.2 Å². The molecule has 2 heterocycles. The predicted octanol–water partition coefficient (Wildman–Crippen LogP) is 3.04. The first kappa shape index (κ1) is 13.5. The molecule has 0 spiro atoms. The van der Waals surface area contributed by atoms with Crippen molar-refractivity contribution < 1.29 is 8.78 Å². The fraction of sp³-hybridized carbons (Fsp3) is 0.308. The second-order valence-electron chi connectivity index (χ2n) is 4.94. The number of halogens is 2. The third-order valence-electron chi connectivity index (χ3n) is 3.32. The molecule has 4 rings (SSSR count). The Morgan fingerprint density at radius 1 is 1.18 bits per heavy atom. The van der Waals surface area contributed by atoms with Gasteiger partial charge < -0.3 is 0 Å². The van der Waals surface area contributed by atoms with Crippen molar-refractivity contribution in [2.45, 2.75) is 35.5 Å². The largest absolute Gasteiger partial charge is 0.297 e. The molecule has 3 aromatic rings. The molecule has 22 heavy (non-hydrogen) atoms. The molecule has 0 saturated heterocycles. The van der Waals surface area contributed by atoms with E-state index in [1.165, 1.54) is 11.8 Å². The highest BCUT2D eigenvalue weighted by Crippen LogP contribution is 2.39. The fourth-order valence-electron chi connectivity index (χ4n) is 2.13. The van der Waals surface area contributed by atoms with E-state index < -0.39 is 12.2 Å². The maximum absolute atomic E-state index is 13.0. The highest BCUT2D eigenvalue weighted by molar-refractivity contribution is 7.99. The van der Waals surface area contributed by atoms with Crippen LogP contribution in [0.2, 0.25) is 0 Å². The first-order valence-electron chi connectivity index (χ1n) is 6.73. The Labute approximate surface area is 128 Å². The molecule has 0 bridgehead atoms. The molecule has 6 nitrogen and oxygen atoms in total. The standard InChI is InChI=1S/C13H10F2N6S/c14-10(15)11-16-9-4-2-1-3-8(9)12(17-11)22-13-18-19-20-21(13)7-5-6-7/h1-4,7,10H,5-6H2. The summed E-state index contributed by atoms with van der Waals surface area (Å²) in [7, 11) is 0. The number of para-hydroxylation sites is 1. The molecule has 1 aromatic carbocycles. The predicted molar refractivity (Wildman–Crippen MR) is 74.7 cm³/mol. The number of hydrogen-bond donors (Lipinski definition) is 0. The molecule has 0 unspecified atom stereocenters. The summed E-state index contributed by atoms with van der Waals surface area (Å²) in [4.78, 5) is 7.89. The van der Waals surface area contributed by atoms with Crippen LogP contribution in [0, 0.1) is 0 Å². The van der Waals surface area contributed by atoms with Gasteiger partial charge in [0.1, 0.15) is 5.03 Å². The molecule has 1 aliphatic rings. The van der Waals surface area contributed by atoms with Crippen LogP contribution in [0.25, 0.3) is 10.9 Å². The molecule has 9 heteroatoms. The second kappa shape index (κ2) is 5.24. The van der Waals surface area contributed by atoms with E-state index in [-0.39, 0.29) is 0 Å². The lowest BCUT2D eigenvalue weighted by Gasteiger charge is -2.07. The first-order chi connectivity index (χ1) is 10.7. The smallest absolute Gasteiger partial charge is 0.227 e. The van der Waals surface area contributed by atoms with Crippen molar-refractivity contribution >= 4 is 22.7 Å². The molecule has 1 fully saturated rings. The summed E-state index contributed by atoms with van der Waals surface area (Å²) >= 11 is 1.19. The third-order valence-corrected chi connectivity index (χ3v) is 4.28. The highest BCUT2D eigenvalue weighted by Gasteiger charge is 2.28. The average molecular weight is 320 g/mol. The van der Waals surface area contributed by atoms with Crippen LogP contribution in [0.1, 0.15) is 31.1 Å². The average Bonchev–Trinajstić information content (AvgIpc) is 3.27. The van der Waals surface area contributed by atoms with Crippen LogP contribution in [0.4, 0.5) is 8.78 Å². The van der Waals surface area contributed by atoms with Gasteiger partial charge in [0, 0.05) is 5.39 Å². The van der Waals surface area contributed by atoms with Crippen LogP contribution in [0.15, 0.2) is 34.4 Å². The number of rotatable bonds is 4. The quantitative estimate of drug-likeness (QED) is 0.688. The van der Waals surface area contributed by atoms with E-state index in [1.54, 1.807) is 22.9 Å². The van der Waals surface area contributed by atoms with Gasteiger partial charge in [-0.15, -0.1) is 5.10 Å². The minimum Gasteiger partial charge on any atom is -0.227 e. The van der Waals surface area contributed by atoms with Gasteiger partial charge in [-0.25, -0.2) is 23.4 Å². The molecule has 0 N–H and O–H groups in total. The van der Waals surface area contributed by atoms with Gasteiger partial charge in [0.05, 0.1) is 11.6 Å². The lowest BCUT2D eigenvalue weighted by atomic mass is 10.2. The SMILES string of the molecule is FC(F)c1nc(Sc2nnnn2C2CC2)c2ccccc2n1. The zero-order valence-corrected chi connectivity index (χ0v) is 12.0. The monoisotopic (exact) mass is 320 g/mol. The van der Waals surface area contributed by atoms with Crippen molar-refractivity contribution in [3.63, 3.8) is 0 Å². The Morgan fingerprint density at radius 3 is 2.77 bits per heavy atom. The maximum Gasteiger partial charge on any atom is 0.297 e. The van der Waals surface area contributed by atoms with E-state index in [9.17, 15) is 8.78 Å². The first-order valence-corrected chi connectivity index (χ1v) is 7.54. The molecule has 0 amide bonds. The summed E-state index contributed by atoms with van der Waals surface area (Å²) in [6, 6.07) is 7.38. The van der Waals surface area contributed by atoms with Gasteiger partial charge in [-0.2, -0.15) is 0 Å². The molecule has 1 aliphatic carbocycles. The summed E-state index contributed by atoms with van der Waals surface area (Å²) in [6.45, 7) is 0. The van der Waals surface area contributed by atoms with Gasteiger partial charge in [-0.05, 0) is 41.1 Å². The molecule has 0 atom stereocenters. The van der Waals surface area contributed by atoms with Crippen LogP contribution in [-0.2, 0) is 0 Å². The van der Waals surface area contributed by atoms with Crippen molar-refractivity contribution in [3.05, 3.63) is 30.1 Å². The number of nitrogens with zero attached hydrogens (tertiary/aromatic N) is 6. The number of hydrogen-bond acceptors (Lipinski definition) is 6. The molecule has 1 saturated carbocycles. The Balaban J connectivity index is 1.80. The van der Waals surface area contributed by atoms with E-state index in [2.05, 4.69) is 25.5 Å². The topological polar surface area (TPSA) is 69.4 Å². The van der Waals surface area contributed by atoms with Gasteiger partial charge in [0.2, 0.25) is 5.16 Å². The van der Waals surface area contributed by atoms with E-state index in [0.717, 1.165) is 12.8 Å². The van der Waals surface area contributed by atoms with Gasteiger partial charge >= 0.3 is 0 Å². The zero-order valence-electron chi connectivity index (χ0n) is 11.2. The van der Waals surface area contributed by atoms with Crippen molar-refractivity contribution in [1.82, 2.24) is 30.2 Å². The van der Waals surface area contributed by atoms with Crippen LogP contribution >= 0.6 is 11.8 Å². The Morgan fingerprint density at radius 2 is 2.00 bits per heavy atom. The number of alkyl halides is 2. The van der Waals surface area contributed by atoms with Gasteiger partial charge in [0.25, 0.3) is 6.43 Å². The molecule has 0 radical (unpaired) electrons. The number of benzene rings is 1. The molecule has 2 aromatic heterocycles. The summed E-state index contributed by atoms with van der Waals surface area (Å²) in [5.41, 5.74) is 0.487. The summed E-state index contributed by atoms with van der Waals surface area (Å²) in [6.07, 6.45) is -0.653. The number of fused-ring (bicyclic) bond motifs is 1. The molecule has 0 aliphatic heterocycles. The summed E-state index contributed by atoms with van der Waals surface area (Å²) in [5.74, 6) is -0.480. The fourth-order valence-corrected chi connectivity index (χ4v) is 3.08. The van der Waals surface area contributed by atoms with Crippen molar-refractivity contribution in [3.8, 4) is 0 Å². The van der Waals surface area contributed by atoms with Gasteiger partial charge in [0.15, 0.2) is 5.82 Å². The zero-order chi connectivity index (χ0) is 15.1. The molecule has 112 valence electrons. The molecular weight excluding hydrogens is 310 g/mol. The van der Waals surface area contributed by atoms with Crippen LogP contribution in [-0.4, -0.2) is 30.2 Å². The van der Waals surface area contributed by atoms with Crippen LogP contribution < -0.4 is 0 Å². The van der Waals surface area contributed by atoms with E-state index in [0.29, 0.717) is 27.1 Å². The van der Waals surface area contributed by atoms with Crippen molar-refractivity contribution in [2.24, 2.45) is 0 Å². The third kappa shape index (κ3) is 2.41. The minimum atomic E-state index is -2.72. The van der Waals surface area contributed by atoms with E-state index in [4.69, 9.17) is 0 Å². The minimum absolute atomic E-state index is 0.306.